The number of hydrogen-bond acceptors (Lipinski definition) is 3. The molecule has 0 aliphatic heterocycles. The van der Waals surface area contributed by atoms with E-state index in [1.807, 2.05) is 37.3 Å². The zero-order valence-electron chi connectivity index (χ0n) is 11.5. The van der Waals surface area contributed by atoms with Crippen molar-refractivity contribution in [1.29, 1.82) is 0 Å². The van der Waals surface area contributed by atoms with Gasteiger partial charge in [-0.1, -0.05) is 37.3 Å². The number of anilines is 2. The van der Waals surface area contributed by atoms with Crippen LogP contribution in [0.5, 0.6) is 5.75 Å². The van der Waals surface area contributed by atoms with Gasteiger partial charge in [-0.05, 0) is 12.0 Å². The Labute approximate surface area is 118 Å². The van der Waals surface area contributed by atoms with E-state index in [9.17, 15) is 4.39 Å². The maximum atomic E-state index is 13.7. The summed E-state index contributed by atoms with van der Waals surface area (Å²) in [5, 5.41) is 3.20. The first-order valence-electron chi connectivity index (χ1n) is 6.70. The molecule has 0 amide bonds. The Kier molecular flexibility index (Phi) is 4.82. The fourth-order valence-corrected chi connectivity index (χ4v) is 1.84. The van der Waals surface area contributed by atoms with Gasteiger partial charge in [0.05, 0.1) is 18.0 Å². The van der Waals surface area contributed by atoms with Crippen molar-refractivity contribution >= 4 is 11.4 Å². The molecule has 0 atom stereocenters. The van der Waals surface area contributed by atoms with Gasteiger partial charge in [0.2, 0.25) is 0 Å². The fraction of sp³-hybridized carbons (Fsp3) is 0.250. The predicted octanol–water partition coefficient (Wildman–Crippen LogP) is 3.81. The highest BCUT2D eigenvalue weighted by molar-refractivity contribution is 5.68. The minimum absolute atomic E-state index is 0.233. The highest BCUT2D eigenvalue weighted by Crippen LogP contribution is 2.28. The third-order valence-electron chi connectivity index (χ3n) is 2.89. The van der Waals surface area contributed by atoms with Crippen LogP contribution in [0.1, 0.15) is 18.9 Å². The summed E-state index contributed by atoms with van der Waals surface area (Å²) in [5.74, 6) is -0.196. The van der Waals surface area contributed by atoms with Gasteiger partial charge in [0.25, 0.3) is 0 Å². The SMILES string of the molecule is CCCOc1cc(NCc2ccccc2)c(N)cc1F. The van der Waals surface area contributed by atoms with Crippen LogP contribution in [0.3, 0.4) is 0 Å². The van der Waals surface area contributed by atoms with Crippen LogP contribution >= 0.6 is 0 Å². The van der Waals surface area contributed by atoms with Gasteiger partial charge in [0.1, 0.15) is 0 Å². The van der Waals surface area contributed by atoms with Crippen molar-refractivity contribution in [3.63, 3.8) is 0 Å². The van der Waals surface area contributed by atoms with Crippen molar-refractivity contribution in [2.45, 2.75) is 19.9 Å². The molecular weight excluding hydrogens is 255 g/mol. The minimum Gasteiger partial charge on any atom is -0.490 e. The number of ether oxygens (including phenoxy) is 1. The third kappa shape index (κ3) is 3.63. The molecule has 2 aromatic carbocycles. The first-order chi connectivity index (χ1) is 9.70. The van der Waals surface area contributed by atoms with Crippen molar-refractivity contribution in [3.8, 4) is 5.75 Å². The topological polar surface area (TPSA) is 47.3 Å². The lowest BCUT2D eigenvalue weighted by Gasteiger charge is -2.13. The summed E-state index contributed by atoms with van der Waals surface area (Å²) in [7, 11) is 0. The molecule has 0 spiro atoms. The van der Waals surface area contributed by atoms with E-state index < -0.39 is 5.82 Å². The lowest BCUT2D eigenvalue weighted by molar-refractivity contribution is 0.301. The molecule has 3 nitrogen and oxygen atoms in total. The van der Waals surface area contributed by atoms with Crippen molar-refractivity contribution in [2.24, 2.45) is 0 Å². The smallest absolute Gasteiger partial charge is 0.167 e. The van der Waals surface area contributed by atoms with E-state index in [0.717, 1.165) is 12.0 Å². The molecule has 20 heavy (non-hydrogen) atoms. The van der Waals surface area contributed by atoms with E-state index in [4.69, 9.17) is 10.5 Å². The molecule has 0 aliphatic carbocycles. The Hall–Kier alpha value is -2.23. The second-order valence-electron chi connectivity index (χ2n) is 4.56. The molecule has 3 N–H and O–H groups in total. The maximum Gasteiger partial charge on any atom is 0.167 e. The summed E-state index contributed by atoms with van der Waals surface area (Å²) < 4.78 is 19.0. The summed E-state index contributed by atoms with van der Waals surface area (Å²) in [4.78, 5) is 0. The molecule has 4 heteroatoms. The molecule has 0 radical (unpaired) electrons. The van der Waals surface area contributed by atoms with Gasteiger partial charge >= 0.3 is 0 Å². The predicted molar refractivity (Wildman–Crippen MR) is 80.4 cm³/mol. The number of halogens is 1. The second kappa shape index (κ2) is 6.80. The van der Waals surface area contributed by atoms with Crippen LogP contribution in [0.25, 0.3) is 0 Å². The number of rotatable bonds is 6. The molecule has 0 saturated carbocycles. The van der Waals surface area contributed by atoms with Gasteiger partial charge in [-0.3, -0.25) is 0 Å². The Morgan fingerprint density at radius 3 is 2.65 bits per heavy atom. The van der Waals surface area contributed by atoms with E-state index in [-0.39, 0.29) is 5.75 Å². The molecular formula is C16H19FN2O. The van der Waals surface area contributed by atoms with E-state index in [1.165, 1.54) is 6.07 Å². The van der Waals surface area contributed by atoms with Gasteiger partial charge in [-0.2, -0.15) is 0 Å². The van der Waals surface area contributed by atoms with Crippen LogP contribution in [0.15, 0.2) is 42.5 Å². The quantitative estimate of drug-likeness (QED) is 0.787. The molecule has 2 aromatic rings. The van der Waals surface area contributed by atoms with Gasteiger partial charge in [0, 0.05) is 18.7 Å². The van der Waals surface area contributed by atoms with Crippen molar-refractivity contribution < 1.29 is 9.13 Å². The standard InChI is InChI=1S/C16H19FN2O/c1-2-8-20-16-10-15(14(18)9-13(16)17)19-11-12-6-4-3-5-7-12/h3-7,9-10,19H,2,8,11,18H2,1H3. The second-order valence-corrected chi connectivity index (χ2v) is 4.56. The molecule has 0 heterocycles. The lowest BCUT2D eigenvalue weighted by Crippen LogP contribution is -2.05. The van der Waals surface area contributed by atoms with Gasteiger partial charge in [-0.15, -0.1) is 0 Å². The number of benzene rings is 2. The van der Waals surface area contributed by atoms with Gasteiger partial charge in [0.15, 0.2) is 11.6 Å². The molecule has 0 aliphatic rings. The summed E-state index contributed by atoms with van der Waals surface area (Å²) in [5.41, 5.74) is 8.02. The number of nitrogen functional groups attached to an aromatic ring is 1. The molecule has 0 bridgehead atoms. The Morgan fingerprint density at radius 1 is 1.20 bits per heavy atom. The average molecular weight is 274 g/mol. The van der Waals surface area contributed by atoms with Crippen molar-refractivity contribution in [1.82, 2.24) is 0 Å². The zero-order valence-corrected chi connectivity index (χ0v) is 11.5. The van der Waals surface area contributed by atoms with Crippen LogP contribution in [0.4, 0.5) is 15.8 Å². The fourth-order valence-electron chi connectivity index (χ4n) is 1.84. The van der Waals surface area contributed by atoms with Crippen LogP contribution < -0.4 is 15.8 Å². The van der Waals surface area contributed by atoms with E-state index in [0.29, 0.717) is 24.5 Å². The van der Waals surface area contributed by atoms with E-state index in [1.54, 1.807) is 6.07 Å². The van der Waals surface area contributed by atoms with Gasteiger partial charge in [-0.25, -0.2) is 4.39 Å². The Morgan fingerprint density at radius 2 is 1.95 bits per heavy atom. The zero-order chi connectivity index (χ0) is 14.4. The molecule has 0 aromatic heterocycles. The highest BCUT2D eigenvalue weighted by Gasteiger charge is 2.09. The summed E-state index contributed by atoms with van der Waals surface area (Å²) >= 11 is 0. The Bertz CT molecular complexity index is 558. The normalized spacial score (nSPS) is 10.3. The molecule has 0 saturated heterocycles. The molecule has 2 rings (SSSR count). The lowest BCUT2D eigenvalue weighted by atomic mass is 10.2. The average Bonchev–Trinajstić information content (AvgIpc) is 2.46. The molecule has 0 fully saturated rings. The van der Waals surface area contributed by atoms with Crippen molar-refractivity contribution in [3.05, 3.63) is 53.8 Å². The summed E-state index contributed by atoms with van der Waals surface area (Å²) in [6, 6.07) is 12.8. The van der Waals surface area contributed by atoms with Gasteiger partial charge < -0.3 is 15.8 Å². The molecule has 0 unspecified atom stereocenters. The molecule has 106 valence electrons. The first kappa shape index (κ1) is 14.2. The summed E-state index contributed by atoms with van der Waals surface area (Å²) in [6.45, 7) is 3.09. The minimum atomic E-state index is -0.429. The Balaban J connectivity index is 2.10. The van der Waals surface area contributed by atoms with E-state index in [2.05, 4.69) is 5.32 Å². The summed E-state index contributed by atoms with van der Waals surface area (Å²) in [6.07, 6.45) is 0.830. The highest BCUT2D eigenvalue weighted by atomic mass is 19.1. The largest absolute Gasteiger partial charge is 0.490 e. The third-order valence-corrected chi connectivity index (χ3v) is 2.89. The van der Waals surface area contributed by atoms with Crippen LogP contribution in [-0.2, 0) is 6.54 Å². The number of nitrogens with two attached hydrogens (primary N) is 1. The van der Waals surface area contributed by atoms with Crippen molar-refractivity contribution in [2.75, 3.05) is 17.7 Å². The van der Waals surface area contributed by atoms with Crippen LogP contribution in [-0.4, -0.2) is 6.61 Å². The number of nitrogens with one attached hydrogen (secondary N) is 1. The monoisotopic (exact) mass is 274 g/mol. The first-order valence-corrected chi connectivity index (χ1v) is 6.70. The van der Waals surface area contributed by atoms with Crippen LogP contribution in [0.2, 0.25) is 0 Å². The van der Waals surface area contributed by atoms with E-state index >= 15 is 0 Å². The number of hydrogen-bond donors (Lipinski definition) is 2. The maximum absolute atomic E-state index is 13.7. The van der Waals surface area contributed by atoms with Crippen LogP contribution in [0, 0.1) is 5.82 Å².